The molecule has 3 heteroatoms. The highest BCUT2D eigenvalue weighted by atomic mass is 32.1. The van der Waals surface area contributed by atoms with Gasteiger partial charge in [-0.1, -0.05) is 0 Å². The summed E-state index contributed by atoms with van der Waals surface area (Å²) in [6.07, 6.45) is 5.62. The maximum absolute atomic E-state index is 11.0. The molecule has 1 N–H and O–H groups in total. The third-order valence-corrected chi connectivity index (χ3v) is 1.43. The molecule has 0 aromatic carbocycles. The van der Waals surface area contributed by atoms with Crippen molar-refractivity contribution in [1.29, 1.82) is 0 Å². The monoisotopic (exact) mass is 171 g/mol. The summed E-state index contributed by atoms with van der Waals surface area (Å²) in [7, 11) is 0. The highest BCUT2D eigenvalue weighted by molar-refractivity contribution is 7.81. The van der Waals surface area contributed by atoms with E-state index in [1.54, 1.807) is 6.92 Å². The van der Waals surface area contributed by atoms with E-state index in [0.717, 1.165) is 0 Å². The fourth-order valence-electron chi connectivity index (χ4n) is 0.591. The zero-order chi connectivity index (χ0) is 8.85. The summed E-state index contributed by atoms with van der Waals surface area (Å²) in [5, 5.41) is 2.45. The van der Waals surface area contributed by atoms with Gasteiger partial charge in [0.05, 0.1) is 5.25 Å². The molecule has 0 aromatic rings. The van der Waals surface area contributed by atoms with E-state index in [-0.39, 0.29) is 17.2 Å². The Labute approximate surface area is 73.2 Å². The molecule has 0 bridgehead atoms. The largest absolute Gasteiger partial charge is 0.352 e. The fourth-order valence-corrected chi connectivity index (χ4v) is 0.666. The Kier molecular flexibility index (Phi) is 4.80. The van der Waals surface area contributed by atoms with Gasteiger partial charge < -0.3 is 5.32 Å². The minimum atomic E-state index is -0.268. The number of nitrogens with one attached hydrogen (secondary N) is 1. The minimum Gasteiger partial charge on any atom is -0.352 e. The van der Waals surface area contributed by atoms with Gasteiger partial charge in [0.2, 0.25) is 5.91 Å². The number of rotatable bonds is 3. The van der Waals surface area contributed by atoms with Crippen LogP contribution < -0.4 is 5.32 Å². The van der Waals surface area contributed by atoms with Crippen molar-refractivity contribution < 1.29 is 4.79 Å². The molecule has 1 amide bonds. The molecule has 62 valence electrons. The molecule has 0 heterocycles. The smallest absolute Gasteiger partial charge is 0.232 e. The predicted octanol–water partition coefficient (Wildman–Crippen LogP) is 0.833. The molecular formula is C8H13NOS. The van der Waals surface area contributed by atoms with E-state index < -0.39 is 0 Å². The minimum absolute atomic E-state index is 0.0436. The molecule has 0 saturated heterocycles. The van der Waals surface area contributed by atoms with Crippen molar-refractivity contribution in [2.75, 3.05) is 0 Å². The van der Waals surface area contributed by atoms with Crippen LogP contribution in [-0.4, -0.2) is 17.2 Å². The van der Waals surface area contributed by atoms with Gasteiger partial charge in [-0.15, -0.1) is 12.3 Å². The molecular weight excluding hydrogens is 158 g/mol. The second kappa shape index (κ2) is 5.09. The molecule has 0 spiro atoms. The number of thiol groups is 1. The topological polar surface area (TPSA) is 29.1 Å². The van der Waals surface area contributed by atoms with E-state index in [2.05, 4.69) is 23.9 Å². The average molecular weight is 171 g/mol. The highest BCUT2D eigenvalue weighted by Crippen LogP contribution is 1.94. The number of hydrogen-bond donors (Lipinski definition) is 2. The van der Waals surface area contributed by atoms with Crippen LogP contribution in [0.15, 0.2) is 0 Å². The third kappa shape index (κ3) is 4.74. The Balaban J connectivity index is 3.68. The third-order valence-electron chi connectivity index (χ3n) is 1.19. The highest BCUT2D eigenvalue weighted by Gasteiger charge is 2.09. The first-order valence-electron chi connectivity index (χ1n) is 3.49. The van der Waals surface area contributed by atoms with Crippen LogP contribution in [0, 0.1) is 12.3 Å². The van der Waals surface area contributed by atoms with Gasteiger partial charge in [0.15, 0.2) is 0 Å². The maximum Gasteiger partial charge on any atom is 0.232 e. The fraction of sp³-hybridized carbons (Fsp3) is 0.625. The van der Waals surface area contributed by atoms with E-state index in [1.165, 1.54) is 0 Å². The van der Waals surface area contributed by atoms with Gasteiger partial charge in [-0.05, 0) is 13.8 Å². The Bertz CT molecular complexity index is 171. The molecule has 0 aliphatic rings. The van der Waals surface area contributed by atoms with Crippen molar-refractivity contribution in [1.82, 2.24) is 5.32 Å². The Morgan fingerprint density at radius 3 is 2.64 bits per heavy atom. The molecule has 0 aromatic heterocycles. The number of amides is 1. The first-order chi connectivity index (χ1) is 5.07. The van der Waals surface area contributed by atoms with Crippen molar-refractivity contribution in [3.63, 3.8) is 0 Å². The molecule has 2 atom stereocenters. The second-order valence-electron chi connectivity index (χ2n) is 2.49. The summed E-state index contributed by atoms with van der Waals surface area (Å²) in [6.45, 7) is 3.59. The zero-order valence-electron chi connectivity index (χ0n) is 6.79. The van der Waals surface area contributed by atoms with Crippen LogP contribution in [0.3, 0.4) is 0 Å². The normalized spacial score (nSPS) is 14.7. The van der Waals surface area contributed by atoms with Crippen LogP contribution in [0.4, 0.5) is 0 Å². The Morgan fingerprint density at radius 1 is 1.73 bits per heavy atom. The number of hydrogen-bond acceptors (Lipinski definition) is 2. The van der Waals surface area contributed by atoms with Crippen molar-refractivity contribution in [3.8, 4) is 12.3 Å². The summed E-state index contributed by atoms with van der Waals surface area (Å²) in [5.74, 6) is 2.40. The lowest BCUT2D eigenvalue weighted by molar-refractivity contribution is -0.120. The summed E-state index contributed by atoms with van der Waals surface area (Å²) in [5.41, 5.74) is 0. The van der Waals surface area contributed by atoms with E-state index in [9.17, 15) is 4.79 Å². The quantitative estimate of drug-likeness (QED) is 0.478. The molecule has 0 rings (SSSR count). The standard InChI is InChI=1S/C8H13NOS/c1-4-5-6(2)9-8(10)7(3)11/h1,6-7,11H,5H2,2-3H3,(H,9,10). The molecule has 0 fully saturated rings. The Morgan fingerprint density at radius 2 is 2.27 bits per heavy atom. The van der Waals surface area contributed by atoms with Crippen LogP contribution in [0.2, 0.25) is 0 Å². The number of carbonyl (C=O) groups is 1. The summed E-state index contributed by atoms with van der Waals surface area (Å²) in [6, 6.07) is 0.0436. The van der Waals surface area contributed by atoms with Crippen LogP contribution in [0.5, 0.6) is 0 Å². The van der Waals surface area contributed by atoms with Crippen molar-refractivity contribution >= 4 is 18.5 Å². The Hall–Kier alpha value is -0.620. The van der Waals surface area contributed by atoms with E-state index >= 15 is 0 Å². The molecule has 11 heavy (non-hydrogen) atoms. The molecule has 2 nitrogen and oxygen atoms in total. The zero-order valence-corrected chi connectivity index (χ0v) is 7.69. The first-order valence-corrected chi connectivity index (χ1v) is 4.01. The van der Waals surface area contributed by atoms with Gasteiger partial charge in [-0.3, -0.25) is 4.79 Å². The summed E-state index contributed by atoms with van der Waals surface area (Å²) < 4.78 is 0. The number of terminal acetylenes is 1. The molecule has 0 aliphatic heterocycles. The van der Waals surface area contributed by atoms with Crippen molar-refractivity contribution in [3.05, 3.63) is 0 Å². The molecule has 0 radical (unpaired) electrons. The first kappa shape index (κ1) is 10.4. The van der Waals surface area contributed by atoms with Gasteiger partial charge in [-0.2, -0.15) is 12.6 Å². The lowest BCUT2D eigenvalue weighted by Gasteiger charge is -2.11. The maximum atomic E-state index is 11.0. The van der Waals surface area contributed by atoms with Crippen LogP contribution in [-0.2, 0) is 4.79 Å². The van der Waals surface area contributed by atoms with Crippen LogP contribution >= 0.6 is 12.6 Å². The van der Waals surface area contributed by atoms with E-state index in [0.29, 0.717) is 6.42 Å². The molecule has 0 saturated carbocycles. The SMILES string of the molecule is C#CCC(C)NC(=O)C(C)S. The molecule has 2 unspecified atom stereocenters. The van der Waals surface area contributed by atoms with Gasteiger partial charge in [-0.25, -0.2) is 0 Å². The van der Waals surface area contributed by atoms with Crippen molar-refractivity contribution in [2.45, 2.75) is 31.6 Å². The van der Waals surface area contributed by atoms with E-state index in [1.807, 2.05) is 6.92 Å². The second-order valence-corrected chi connectivity index (χ2v) is 3.27. The average Bonchev–Trinajstić information content (AvgIpc) is 1.87. The summed E-state index contributed by atoms with van der Waals surface area (Å²) >= 11 is 3.97. The van der Waals surface area contributed by atoms with Gasteiger partial charge >= 0.3 is 0 Å². The lowest BCUT2D eigenvalue weighted by atomic mass is 10.2. The lowest BCUT2D eigenvalue weighted by Crippen LogP contribution is -2.36. The van der Waals surface area contributed by atoms with Gasteiger partial charge in [0.25, 0.3) is 0 Å². The van der Waals surface area contributed by atoms with Gasteiger partial charge in [0, 0.05) is 12.5 Å². The number of carbonyl (C=O) groups excluding carboxylic acids is 1. The van der Waals surface area contributed by atoms with Crippen LogP contribution in [0.25, 0.3) is 0 Å². The summed E-state index contributed by atoms with van der Waals surface area (Å²) in [4.78, 5) is 11.0. The van der Waals surface area contributed by atoms with Gasteiger partial charge in [0.1, 0.15) is 0 Å². The van der Waals surface area contributed by atoms with E-state index in [4.69, 9.17) is 6.42 Å². The molecule has 0 aliphatic carbocycles. The van der Waals surface area contributed by atoms with Crippen molar-refractivity contribution in [2.24, 2.45) is 0 Å². The van der Waals surface area contributed by atoms with Crippen LogP contribution in [0.1, 0.15) is 20.3 Å². The predicted molar refractivity (Wildman–Crippen MR) is 49.5 cm³/mol.